The molecule has 4 bridgehead atoms. The van der Waals surface area contributed by atoms with Crippen LogP contribution in [0.5, 0.6) is 0 Å². The average molecular weight is 521 g/mol. The fourth-order valence-corrected chi connectivity index (χ4v) is 8.38. The summed E-state index contributed by atoms with van der Waals surface area (Å²) in [4.78, 5) is 38.0. The number of carboxylic acids is 1. The minimum Gasteiger partial charge on any atom is -0.481 e. The second-order valence-corrected chi connectivity index (χ2v) is 12.1. The summed E-state index contributed by atoms with van der Waals surface area (Å²) in [5.74, 6) is 0.871. The fraction of sp³-hybridized carbons (Fsp3) is 0.667. The van der Waals surface area contributed by atoms with Crippen LogP contribution in [0.4, 0.5) is 0 Å². The lowest BCUT2D eigenvalue weighted by molar-refractivity contribution is -0.136. The van der Waals surface area contributed by atoms with E-state index in [4.69, 9.17) is 4.84 Å². The van der Waals surface area contributed by atoms with Gasteiger partial charge in [0, 0.05) is 30.6 Å². The standard InChI is InChI=1S/C30H40N4O4/c1-38-32-26(12-13-28(35)36)29-30(37)34(27-11-3-2-10-25(27)31-29)24-17-21-8-5-9-22(18-24)33(21)23-15-19-6-4-7-20(14-19)16-23/h2-3,10-11,19-24H,4-9,12-18H2,1H3,(H,35,36)/t19-,20?,21+,22?,23?,24?/m0/s1. The summed E-state index contributed by atoms with van der Waals surface area (Å²) in [6.07, 6.45) is 14.0. The van der Waals surface area contributed by atoms with E-state index in [0.29, 0.717) is 23.8 Å². The van der Waals surface area contributed by atoms with E-state index in [-0.39, 0.29) is 30.1 Å². The van der Waals surface area contributed by atoms with Gasteiger partial charge in [0.25, 0.3) is 5.56 Å². The highest BCUT2D eigenvalue weighted by Crippen LogP contribution is 2.47. The van der Waals surface area contributed by atoms with E-state index in [2.05, 4.69) is 15.0 Å². The van der Waals surface area contributed by atoms with Crippen molar-refractivity contribution in [2.45, 2.75) is 108 Å². The minimum atomic E-state index is -0.943. The molecule has 2 saturated carbocycles. The summed E-state index contributed by atoms with van der Waals surface area (Å²) in [5, 5.41) is 13.3. The second-order valence-electron chi connectivity index (χ2n) is 12.1. The molecule has 6 rings (SSSR count). The number of hydrogen-bond acceptors (Lipinski definition) is 6. The normalized spacial score (nSPS) is 31.8. The molecule has 38 heavy (non-hydrogen) atoms. The molecule has 2 aromatic rings. The summed E-state index contributed by atoms with van der Waals surface area (Å²) in [5.41, 5.74) is 1.90. The molecular formula is C30H40N4O4. The quantitative estimate of drug-likeness (QED) is 0.401. The van der Waals surface area contributed by atoms with Gasteiger partial charge in [-0.05, 0) is 68.9 Å². The molecule has 1 N–H and O–H groups in total. The summed E-state index contributed by atoms with van der Waals surface area (Å²) in [6.45, 7) is 0. The van der Waals surface area contributed by atoms with E-state index in [1.807, 2.05) is 28.8 Å². The van der Waals surface area contributed by atoms with Gasteiger partial charge in [0.1, 0.15) is 12.8 Å². The zero-order valence-electron chi connectivity index (χ0n) is 22.4. The summed E-state index contributed by atoms with van der Waals surface area (Å²) >= 11 is 0. The topological polar surface area (TPSA) is 97.0 Å². The third-order valence-corrected chi connectivity index (χ3v) is 9.74. The molecule has 4 unspecified atom stereocenters. The highest BCUT2D eigenvalue weighted by molar-refractivity contribution is 6.00. The van der Waals surface area contributed by atoms with Crippen LogP contribution < -0.4 is 5.56 Å². The lowest BCUT2D eigenvalue weighted by Gasteiger charge is -2.55. The smallest absolute Gasteiger partial charge is 0.303 e. The Kier molecular flexibility index (Phi) is 7.25. The number of carboxylic acid groups (broad SMARTS) is 1. The van der Waals surface area contributed by atoms with Crippen molar-refractivity contribution in [3.63, 3.8) is 0 Å². The average Bonchev–Trinajstić information content (AvgIpc) is 2.90. The number of aliphatic carboxylic acids is 1. The van der Waals surface area contributed by atoms with Gasteiger partial charge in [-0.1, -0.05) is 43.0 Å². The number of aromatic nitrogens is 2. The Hall–Kier alpha value is -2.74. The van der Waals surface area contributed by atoms with E-state index < -0.39 is 5.97 Å². The van der Waals surface area contributed by atoms with Crippen molar-refractivity contribution >= 4 is 22.7 Å². The molecule has 1 aromatic carbocycles. The van der Waals surface area contributed by atoms with Crippen molar-refractivity contribution in [2.24, 2.45) is 17.0 Å². The zero-order valence-corrected chi connectivity index (χ0v) is 22.4. The van der Waals surface area contributed by atoms with Gasteiger partial charge in [-0.3, -0.25) is 14.5 Å². The number of benzene rings is 1. The van der Waals surface area contributed by atoms with Crippen molar-refractivity contribution < 1.29 is 14.7 Å². The molecule has 2 aliphatic heterocycles. The Bertz CT molecular complexity index is 1250. The van der Waals surface area contributed by atoms with Crippen molar-refractivity contribution in [3.8, 4) is 0 Å². The minimum absolute atomic E-state index is 0.0899. The Morgan fingerprint density at radius 2 is 1.63 bits per heavy atom. The molecule has 4 fully saturated rings. The number of fused-ring (bicyclic) bond motifs is 5. The first kappa shape index (κ1) is 25.5. The summed E-state index contributed by atoms with van der Waals surface area (Å²) in [6, 6.07) is 9.62. The van der Waals surface area contributed by atoms with E-state index >= 15 is 0 Å². The van der Waals surface area contributed by atoms with Crippen LogP contribution in [0.25, 0.3) is 11.0 Å². The summed E-state index contributed by atoms with van der Waals surface area (Å²) < 4.78 is 1.96. The van der Waals surface area contributed by atoms with Crippen LogP contribution in [0.3, 0.4) is 0 Å². The van der Waals surface area contributed by atoms with Gasteiger partial charge in [-0.25, -0.2) is 4.98 Å². The number of para-hydroxylation sites is 2. The first-order chi connectivity index (χ1) is 18.5. The molecule has 0 spiro atoms. The van der Waals surface area contributed by atoms with E-state index in [9.17, 15) is 14.7 Å². The SMILES string of the molecule is CON=C(CCC(=O)O)c1nc2ccccc2n(C2CC3CCC[C@H](C2)N3C2CC3CCC[C@@H](C3)C2)c1=O. The van der Waals surface area contributed by atoms with Gasteiger partial charge in [-0.2, -0.15) is 0 Å². The first-order valence-corrected chi connectivity index (χ1v) is 14.6. The molecule has 8 heteroatoms. The van der Waals surface area contributed by atoms with Gasteiger partial charge in [0.15, 0.2) is 5.69 Å². The van der Waals surface area contributed by atoms with Crippen LogP contribution in [0.2, 0.25) is 0 Å². The van der Waals surface area contributed by atoms with Gasteiger partial charge in [0.05, 0.1) is 17.5 Å². The number of oxime groups is 1. The number of rotatable bonds is 7. The highest BCUT2D eigenvalue weighted by atomic mass is 16.6. The molecule has 2 saturated heterocycles. The van der Waals surface area contributed by atoms with E-state index in [1.54, 1.807) is 0 Å². The van der Waals surface area contributed by atoms with Crippen LogP contribution in [-0.4, -0.2) is 56.5 Å². The van der Waals surface area contributed by atoms with Crippen molar-refractivity contribution in [1.29, 1.82) is 0 Å². The van der Waals surface area contributed by atoms with Gasteiger partial charge in [-0.15, -0.1) is 0 Å². The monoisotopic (exact) mass is 520 g/mol. The maximum atomic E-state index is 14.1. The zero-order chi connectivity index (χ0) is 26.2. The number of carbonyl (C=O) groups is 1. The Morgan fingerprint density at radius 1 is 0.947 bits per heavy atom. The van der Waals surface area contributed by atoms with Crippen LogP contribution in [0.15, 0.2) is 34.2 Å². The number of nitrogens with zero attached hydrogens (tertiary/aromatic N) is 4. The first-order valence-electron chi connectivity index (χ1n) is 14.6. The largest absolute Gasteiger partial charge is 0.481 e. The third-order valence-electron chi connectivity index (χ3n) is 9.74. The molecule has 3 heterocycles. The molecule has 0 radical (unpaired) electrons. The predicted molar refractivity (Wildman–Crippen MR) is 146 cm³/mol. The van der Waals surface area contributed by atoms with Crippen molar-refractivity contribution in [3.05, 3.63) is 40.3 Å². The molecule has 2 aliphatic carbocycles. The van der Waals surface area contributed by atoms with Crippen LogP contribution >= 0.6 is 0 Å². The van der Waals surface area contributed by atoms with Crippen LogP contribution in [0, 0.1) is 11.8 Å². The second kappa shape index (κ2) is 10.8. The lowest BCUT2D eigenvalue weighted by atomic mass is 9.68. The molecule has 0 amide bonds. The number of piperidine rings is 2. The fourth-order valence-electron chi connectivity index (χ4n) is 8.38. The Balaban J connectivity index is 1.35. The van der Waals surface area contributed by atoms with Gasteiger partial charge < -0.3 is 14.5 Å². The molecular weight excluding hydrogens is 480 g/mol. The van der Waals surface area contributed by atoms with Gasteiger partial charge in [0.2, 0.25) is 0 Å². The van der Waals surface area contributed by atoms with Crippen molar-refractivity contribution in [2.75, 3.05) is 7.11 Å². The molecule has 6 atom stereocenters. The third kappa shape index (κ3) is 4.88. The van der Waals surface area contributed by atoms with Crippen LogP contribution in [0.1, 0.15) is 95.2 Å². The number of hydrogen-bond donors (Lipinski definition) is 1. The van der Waals surface area contributed by atoms with E-state index in [0.717, 1.165) is 35.7 Å². The molecule has 8 nitrogen and oxygen atoms in total. The predicted octanol–water partition coefficient (Wildman–Crippen LogP) is 5.14. The highest BCUT2D eigenvalue weighted by Gasteiger charge is 2.45. The molecule has 1 aromatic heterocycles. The Labute approximate surface area is 224 Å². The van der Waals surface area contributed by atoms with E-state index in [1.165, 1.54) is 64.9 Å². The maximum Gasteiger partial charge on any atom is 0.303 e. The van der Waals surface area contributed by atoms with Gasteiger partial charge >= 0.3 is 5.97 Å². The Morgan fingerprint density at radius 3 is 2.32 bits per heavy atom. The van der Waals surface area contributed by atoms with Crippen LogP contribution in [-0.2, 0) is 9.63 Å². The maximum absolute atomic E-state index is 14.1. The lowest BCUT2D eigenvalue weighted by Crippen LogP contribution is -2.58. The summed E-state index contributed by atoms with van der Waals surface area (Å²) in [7, 11) is 1.41. The van der Waals surface area contributed by atoms with Crippen molar-refractivity contribution in [1.82, 2.24) is 14.5 Å². The molecule has 4 aliphatic rings. The molecule has 204 valence electrons.